The summed E-state index contributed by atoms with van der Waals surface area (Å²) in [5, 5.41) is 0. The Morgan fingerprint density at radius 1 is 1.35 bits per heavy atom. The molecule has 0 N–H and O–H groups in total. The zero-order chi connectivity index (χ0) is 12.5. The molecule has 1 aliphatic rings. The van der Waals surface area contributed by atoms with Crippen LogP contribution in [0.4, 0.5) is 0 Å². The third-order valence-electron chi connectivity index (χ3n) is 3.01. The van der Waals surface area contributed by atoms with Crippen LogP contribution >= 0.6 is 0 Å². The van der Waals surface area contributed by atoms with Gasteiger partial charge in [0.25, 0.3) is 0 Å². The Kier molecular flexibility index (Phi) is 3.01. The second kappa shape index (κ2) is 4.32. The molecule has 3 nitrogen and oxygen atoms in total. The topological polar surface area (TPSA) is 38.7 Å². The first-order chi connectivity index (χ1) is 8.03. The van der Waals surface area contributed by atoms with Crippen molar-refractivity contribution in [1.82, 2.24) is 0 Å². The van der Waals surface area contributed by atoms with Crippen LogP contribution in [0.15, 0.2) is 35.3 Å². The highest BCUT2D eigenvalue weighted by atomic mass is 16.5. The van der Waals surface area contributed by atoms with Gasteiger partial charge in [-0.3, -0.25) is 9.79 Å². The van der Waals surface area contributed by atoms with Crippen molar-refractivity contribution in [2.75, 3.05) is 7.11 Å². The van der Waals surface area contributed by atoms with Gasteiger partial charge in [-0.1, -0.05) is 30.3 Å². The van der Waals surface area contributed by atoms with Crippen molar-refractivity contribution < 1.29 is 9.53 Å². The highest BCUT2D eigenvalue weighted by molar-refractivity contribution is 6.13. The maximum atomic E-state index is 11.8. The number of aliphatic imine (C=N–C) groups is 1. The Morgan fingerprint density at radius 3 is 2.59 bits per heavy atom. The van der Waals surface area contributed by atoms with Gasteiger partial charge in [0, 0.05) is 0 Å². The molecule has 0 radical (unpaired) electrons. The lowest BCUT2D eigenvalue weighted by atomic mass is 9.91. The van der Waals surface area contributed by atoms with Crippen LogP contribution < -0.4 is 0 Å². The lowest BCUT2D eigenvalue weighted by Gasteiger charge is -2.14. The predicted molar refractivity (Wildman–Crippen MR) is 67.2 cm³/mol. The molecule has 0 saturated heterocycles. The quantitative estimate of drug-likeness (QED) is 0.733. The molecule has 1 aromatic carbocycles. The molecule has 0 saturated carbocycles. The molecule has 17 heavy (non-hydrogen) atoms. The molecule has 0 fully saturated rings. The molecule has 1 atom stereocenters. The summed E-state index contributed by atoms with van der Waals surface area (Å²) in [5.74, 6) is -0.435. The maximum Gasteiger partial charge on any atom is 0.314 e. The summed E-state index contributed by atoms with van der Waals surface area (Å²) in [6, 6.07) is 9.83. The van der Waals surface area contributed by atoms with Gasteiger partial charge in [-0.25, -0.2) is 0 Å². The minimum absolute atomic E-state index is 0.190. The van der Waals surface area contributed by atoms with E-state index in [4.69, 9.17) is 4.74 Å². The summed E-state index contributed by atoms with van der Waals surface area (Å²) < 4.78 is 4.86. The molecule has 1 aromatic rings. The Morgan fingerprint density at radius 2 is 2.00 bits per heavy atom. The van der Waals surface area contributed by atoms with Crippen molar-refractivity contribution in [1.29, 1.82) is 0 Å². The van der Waals surface area contributed by atoms with Gasteiger partial charge in [-0.15, -0.1) is 0 Å². The third kappa shape index (κ3) is 2.38. The number of hydrogen-bond acceptors (Lipinski definition) is 3. The summed E-state index contributed by atoms with van der Waals surface area (Å²) >= 11 is 0. The van der Waals surface area contributed by atoms with Crippen molar-refractivity contribution in [3.05, 3.63) is 35.9 Å². The molecular formula is C14H17NO2. The van der Waals surface area contributed by atoms with E-state index in [0.29, 0.717) is 6.42 Å². The molecule has 0 spiro atoms. The van der Waals surface area contributed by atoms with Crippen molar-refractivity contribution in [2.45, 2.75) is 25.8 Å². The van der Waals surface area contributed by atoms with E-state index in [1.54, 1.807) is 0 Å². The number of benzene rings is 1. The smallest absolute Gasteiger partial charge is 0.314 e. The van der Waals surface area contributed by atoms with E-state index in [1.807, 2.05) is 44.2 Å². The second-order valence-electron chi connectivity index (χ2n) is 4.96. The van der Waals surface area contributed by atoms with Crippen molar-refractivity contribution in [3.63, 3.8) is 0 Å². The number of esters is 1. The number of hydrogen-bond donors (Lipinski definition) is 0. The Balaban J connectivity index is 2.38. The minimum Gasteiger partial charge on any atom is -0.469 e. The lowest BCUT2D eigenvalue weighted by molar-refractivity contribution is -0.143. The number of methoxy groups -OCH3 is 1. The summed E-state index contributed by atoms with van der Waals surface area (Å²) in [6.45, 7) is 4.08. The summed E-state index contributed by atoms with van der Waals surface area (Å²) in [7, 11) is 1.43. The standard InChI is InChI=1S/C14H17NO2/c1-14(2)9-11(13(16)17-3)12(15-14)10-7-5-4-6-8-10/h4-8,11H,9H2,1-3H3. The Hall–Kier alpha value is -1.64. The summed E-state index contributed by atoms with van der Waals surface area (Å²) in [5.41, 5.74) is 1.67. The molecule has 0 amide bonds. The number of carbonyl (C=O) groups is 1. The van der Waals surface area contributed by atoms with Crippen molar-refractivity contribution in [3.8, 4) is 0 Å². The van der Waals surface area contributed by atoms with Crippen LogP contribution in [0.2, 0.25) is 0 Å². The first-order valence-corrected chi connectivity index (χ1v) is 5.76. The molecule has 2 rings (SSSR count). The van der Waals surface area contributed by atoms with E-state index in [0.717, 1.165) is 11.3 Å². The highest BCUT2D eigenvalue weighted by Gasteiger charge is 2.39. The van der Waals surface area contributed by atoms with E-state index < -0.39 is 0 Å². The fraction of sp³-hybridized carbons (Fsp3) is 0.429. The highest BCUT2D eigenvalue weighted by Crippen LogP contribution is 2.33. The van der Waals surface area contributed by atoms with Crippen molar-refractivity contribution >= 4 is 11.7 Å². The number of carbonyl (C=O) groups excluding carboxylic acids is 1. The first-order valence-electron chi connectivity index (χ1n) is 5.76. The fourth-order valence-electron chi connectivity index (χ4n) is 2.26. The Bertz CT molecular complexity index is 449. The van der Waals surface area contributed by atoms with Crippen LogP contribution in [-0.2, 0) is 9.53 Å². The zero-order valence-electron chi connectivity index (χ0n) is 10.4. The number of rotatable bonds is 2. The van der Waals surface area contributed by atoms with Crippen LogP contribution in [0, 0.1) is 5.92 Å². The van der Waals surface area contributed by atoms with Gasteiger partial charge in [0.05, 0.1) is 18.4 Å². The SMILES string of the molecule is COC(=O)C1CC(C)(C)N=C1c1ccccc1. The lowest BCUT2D eigenvalue weighted by Crippen LogP contribution is -2.24. The third-order valence-corrected chi connectivity index (χ3v) is 3.01. The monoisotopic (exact) mass is 231 g/mol. The van der Waals surface area contributed by atoms with Gasteiger partial charge in [-0.05, 0) is 25.8 Å². The largest absolute Gasteiger partial charge is 0.469 e. The molecule has 90 valence electrons. The number of nitrogens with zero attached hydrogens (tertiary/aromatic N) is 1. The predicted octanol–water partition coefficient (Wildman–Crippen LogP) is 2.45. The van der Waals surface area contributed by atoms with Crippen LogP contribution in [0.1, 0.15) is 25.8 Å². The molecule has 1 unspecified atom stereocenters. The molecule has 0 aromatic heterocycles. The van der Waals surface area contributed by atoms with Gasteiger partial charge >= 0.3 is 5.97 Å². The first kappa shape index (κ1) is 11.8. The number of ether oxygens (including phenoxy) is 1. The van der Waals surface area contributed by atoms with Gasteiger partial charge in [0.15, 0.2) is 0 Å². The Labute approximate surface area is 102 Å². The average molecular weight is 231 g/mol. The zero-order valence-corrected chi connectivity index (χ0v) is 10.4. The van der Waals surface area contributed by atoms with E-state index in [-0.39, 0.29) is 17.4 Å². The van der Waals surface area contributed by atoms with Crippen LogP contribution in [0.5, 0.6) is 0 Å². The average Bonchev–Trinajstić information content (AvgIpc) is 2.65. The molecule has 1 aliphatic heterocycles. The second-order valence-corrected chi connectivity index (χ2v) is 4.96. The van der Waals surface area contributed by atoms with Crippen LogP contribution in [-0.4, -0.2) is 24.3 Å². The summed E-state index contributed by atoms with van der Waals surface area (Å²) in [4.78, 5) is 16.4. The molecule has 3 heteroatoms. The summed E-state index contributed by atoms with van der Waals surface area (Å²) in [6.07, 6.45) is 0.712. The molecule has 0 bridgehead atoms. The van der Waals surface area contributed by atoms with Gasteiger partial charge in [-0.2, -0.15) is 0 Å². The molecular weight excluding hydrogens is 214 g/mol. The van der Waals surface area contributed by atoms with Gasteiger partial charge in [0.1, 0.15) is 5.92 Å². The van der Waals surface area contributed by atoms with E-state index >= 15 is 0 Å². The van der Waals surface area contributed by atoms with E-state index in [9.17, 15) is 4.79 Å². The van der Waals surface area contributed by atoms with Gasteiger partial charge < -0.3 is 4.74 Å². The van der Waals surface area contributed by atoms with Crippen molar-refractivity contribution in [2.24, 2.45) is 10.9 Å². The van der Waals surface area contributed by atoms with E-state index in [1.165, 1.54) is 7.11 Å². The molecule has 1 heterocycles. The fourth-order valence-corrected chi connectivity index (χ4v) is 2.26. The molecule has 0 aliphatic carbocycles. The normalized spacial score (nSPS) is 22.1. The van der Waals surface area contributed by atoms with Crippen LogP contribution in [0.3, 0.4) is 0 Å². The minimum atomic E-state index is -0.239. The maximum absolute atomic E-state index is 11.8. The van der Waals surface area contributed by atoms with Gasteiger partial charge in [0.2, 0.25) is 0 Å². The van der Waals surface area contributed by atoms with Crippen LogP contribution in [0.25, 0.3) is 0 Å². The van der Waals surface area contributed by atoms with E-state index in [2.05, 4.69) is 4.99 Å².